The van der Waals surface area contributed by atoms with E-state index in [9.17, 15) is 4.79 Å². The van der Waals surface area contributed by atoms with Gasteiger partial charge in [-0.2, -0.15) is 0 Å². The number of halogens is 1. The summed E-state index contributed by atoms with van der Waals surface area (Å²) in [5.41, 5.74) is 0.470. The molecule has 0 aliphatic rings. The maximum atomic E-state index is 11.4. The Morgan fingerprint density at radius 1 is 1.45 bits per heavy atom. The zero-order valence-corrected chi connectivity index (χ0v) is 13.6. The number of benzene rings is 1. The van der Waals surface area contributed by atoms with Gasteiger partial charge in [0, 0.05) is 4.47 Å². The Kier molecular flexibility index (Phi) is 6.07. The lowest BCUT2D eigenvalue weighted by atomic mass is 10.2. The molecule has 0 aliphatic heterocycles. The number of hydrogen-bond donors (Lipinski definition) is 1. The molecular weight excluding hydrogens is 322 g/mol. The van der Waals surface area contributed by atoms with E-state index in [0.29, 0.717) is 13.2 Å². The van der Waals surface area contributed by atoms with Crippen LogP contribution >= 0.6 is 15.9 Å². The van der Waals surface area contributed by atoms with Crippen LogP contribution in [0.4, 0.5) is 4.79 Å². The summed E-state index contributed by atoms with van der Waals surface area (Å²) in [6.07, 6.45) is 1.30. The van der Waals surface area contributed by atoms with Crippen LogP contribution in [-0.4, -0.2) is 24.8 Å². The molecule has 1 aromatic rings. The molecule has 0 bridgehead atoms. The van der Waals surface area contributed by atoms with Gasteiger partial charge in [0.1, 0.15) is 18.0 Å². The average molecular weight is 342 g/mol. The topological polar surface area (TPSA) is 47.6 Å². The third-order valence-corrected chi connectivity index (χ3v) is 2.95. The third kappa shape index (κ3) is 6.10. The van der Waals surface area contributed by atoms with Crippen LogP contribution in [0.5, 0.6) is 5.75 Å². The van der Waals surface area contributed by atoms with E-state index in [-0.39, 0.29) is 0 Å². The van der Waals surface area contributed by atoms with E-state index < -0.39 is 11.7 Å². The molecule has 0 atom stereocenters. The van der Waals surface area contributed by atoms with Gasteiger partial charge in [0.25, 0.3) is 0 Å². The summed E-state index contributed by atoms with van der Waals surface area (Å²) < 4.78 is 11.6. The molecule has 1 amide bonds. The lowest BCUT2D eigenvalue weighted by Crippen LogP contribution is -2.34. The first-order valence-corrected chi connectivity index (χ1v) is 7.13. The number of hydrogen-bond acceptors (Lipinski definition) is 3. The van der Waals surface area contributed by atoms with Gasteiger partial charge < -0.3 is 14.8 Å². The zero-order valence-electron chi connectivity index (χ0n) is 12.0. The van der Waals surface area contributed by atoms with Crippen molar-refractivity contribution in [3.63, 3.8) is 0 Å². The standard InChI is InChI=1S/C15H20BrNO3/c1-5-11-10-12(6-7-13(11)16)19-9-8-17-14(18)20-15(2,3)4/h5-7,10H,1,8-9H2,2-4H3,(H,17,18). The summed E-state index contributed by atoms with van der Waals surface area (Å²) >= 11 is 3.42. The molecule has 1 aromatic carbocycles. The fourth-order valence-corrected chi connectivity index (χ4v) is 1.81. The number of amides is 1. The summed E-state index contributed by atoms with van der Waals surface area (Å²) in [5.74, 6) is 0.731. The number of ether oxygens (including phenoxy) is 2. The smallest absolute Gasteiger partial charge is 0.407 e. The maximum absolute atomic E-state index is 11.4. The highest BCUT2D eigenvalue weighted by Gasteiger charge is 2.15. The second-order valence-electron chi connectivity index (χ2n) is 5.16. The molecular formula is C15H20BrNO3. The van der Waals surface area contributed by atoms with Crippen molar-refractivity contribution in [2.45, 2.75) is 26.4 Å². The Labute approximate surface area is 128 Å². The molecule has 0 spiro atoms. The minimum absolute atomic E-state index is 0.372. The minimum Gasteiger partial charge on any atom is -0.492 e. The first-order valence-electron chi connectivity index (χ1n) is 6.33. The van der Waals surface area contributed by atoms with E-state index in [4.69, 9.17) is 9.47 Å². The lowest BCUT2D eigenvalue weighted by Gasteiger charge is -2.19. The number of alkyl carbamates (subject to hydrolysis) is 1. The molecule has 0 unspecified atom stereocenters. The monoisotopic (exact) mass is 341 g/mol. The lowest BCUT2D eigenvalue weighted by molar-refractivity contribution is 0.0520. The van der Waals surface area contributed by atoms with Crippen LogP contribution in [0.15, 0.2) is 29.3 Å². The highest BCUT2D eigenvalue weighted by molar-refractivity contribution is 9.10. The third-order valence-electron chi connectivity index (χ3n) is 2.23. The van der Waals surface area contributed by atoms with Gasteiger partial charge in [-0.3, -0.25) is 0 Å². The fourth-order valence-electron chi connectivity index (χ4n) is 1.40. The zero-order chi connectivity index (χ0) is 15.2. The van der Waals surface area contributed by atoms with E-state index >= 15 is 0 Å². The van der Waals surface area contributed by atoms with Crippen molar-refractivity contribution in [3.05, 3.63) is 34.8 Å². The van der Waals surface area contributed by atoms with Crippen molar-refractivity contribution in [2.24, 2.45) is 0 Å². The van der Waals surface area contributed by atoms with Gasteiger partial charge in [-0.15, -0.1) is 0 Å². The Morgan fingerprint density at radius 2 is 2.15 bits per heavy atom. The number of nitrogens with one attached hydrogen (secondary N) is 1. The van der Waals surface area contributed by atoms with Gasteiger partial charge >= 0.3 is 6.09 Å². The molecule has 5 heteroatoms. The van der Waals surface area contributed by atoms with Crippen molar-refractivity contribution in [1.82, 2.24) is 5.32 Å². The van der Waals surface area contributed by atoms with Crippen LogP contribution < -0.4 is 10.1 Å². The summed E-state index contributed by atoms with van der Waals surface area (Å²) in [6, 6.07) is 5.63. The fraction of sp³-hybridized carbons (Fsp3) is 0.400. The molecule has 0 fully saturated rings. The van der Waals surface area contributed by atoms with Gasteiger partial charge in [-0.25, -0.2) is 4.79 Å². The maximum Gasteiger partial charge on any atom is 0.407 e. The van der Waals surface area contributed by atoms with Crippen molar-refractivity contribution in [3.8, 4) is 5.75 Å². The van der Waals surface area contributed by atoms with Crippen LogP contribution in [0.2, 0.25) is 0 Å². The number of carbonyl (C=O) groups is 1. The molecule has 4 nitrogen and oxygen atoms in total. The normalized spacial score (nSPS) is 10.8. The molecule has 0 heterocycles. The molecule has 0 aliphatic carbocycles. The molecule has 110 valence electrons. The summed E-state index contributed by atoms with van der Waals surface area (Å²) in [6.45, 7) is 9.95. The SMILES string of the molecule is C=Cc1cc(OCCNC(=O)OC(C)(C)C)ccc1Br. The molecule has 0 saturated heterocycles. The average Bonchev–Trinajstić information content (AvgIpc) is 2.34. The van der Waals surface area contributed by atoms with Crippen LogP contribution in [0.25, 0.3) is 6.08 Å². The second kappa shape index (κ2) is 7.33. The Hall–Kier alpha value is -1.49. The van der Waals surface area contributed by atoms with Gasteiger partial charge in [0.15, 0.2) is 0 Å². The van der Waals surface area contributed by atoms with Gasteiger partial charge in [0.2, 0.25) is 0 Å². The predicted octanol–water partition coefficient (Wildman–Crippen LogP) is 4.00. The highest BCUT2D eigenvalue weighted by atomic mass is 79.9. The molecule has 0 saturated carbocycles. The van der Waals surface area contributed by atoms with Gasteiger partial charge in [-0.1, -0.05) is 28.6 Å². The van der Waals surface area contributed by atoms with Crippen LogP contribution in [0, 0.1) is 0 Å². The first kappa shape index (κ1) is 16.6. The quantitative estimate of drug-likeness (QED) is 0.823. The summed E-state index contributed by atoms with van der Waals surface area (Å²) in [5, 5.41) is 2.63. The predicted molar refractivity (Wildman–Crippen MR) is 84.0 cm³/mol. The van der Waals surface area contributed by atoms with Crippen molar-refractivity contribution in [2.75, 3.05) is 13.2 Å². The number of rotatable bonds is 5. The Bertz CT molecular complexity index is 480. The molecule has 1 rings (SSSR count). The molecule has 1 N–H and O–H groups in total. The highest BCUT2D eigenvalue weighted by Crippen LogP contribution is 2.23. The van der Waals surface area contributed by atoms with Crippen molar-refractivity contribution >= 4 is 28.1 Å². The second-order valence-corrected chi connectivity index (χ2v) is 6.02. The largest absolute Gasteiger partial charge is 0.492 e. The number of carbonyl (C=O) groups excluding carboxylic acids is 1. The molecule has 0 radical (unpaired) electrons. The minimum atomic E-state index is -0.491. The van der Waals surface area contributed by atoms with E-state index in [1.165, 1.54) is 0 Å². The van der Waals surface area contributed by atoms with E-state index in [0.717, 1.165) is 15.8 Å². The van der Waals surface area contributed by atoms with E-state index in [1.807, 2.05) is 39.0 Å². The first-order chi connectivity index (χ1) is 9.31. The van der Waals surface area contributed by atoms with Gasteiger partial charge in [-0.05, 0) is 44.5 Å². The van der Waals surface area contributed by atoms with Crippen LogP contribution in [-0.2, 0) is 4.74 Å². The molecule has 20 heavy (non-hydrogen) atoms. The van der Waals surface area contributed by atoms with E-state index in [2.05, 4.69) is 27.8 Å². The summed E-state index contributed by atoms with van der Waals surface area (Å²) in [4.78, 5) is 11.4. The van der Waals surface area contributed by atoms with E-state index in [1.54, 1.807) is 6.08 Å². The Morgan fingerprint density at radius 3 is 2.75 bits per heavy atom. The van der Waals surface area contributed by atoms with Crippen molar-refractivity contribution < 1.29 is 14.3 Å². The molecule has 0 aromatic heterocycles. The van der Waals surface area contributed by atoms with Crippen molar-refractivity contribution in [1.29, 1.82) is 0 Å². The van der Waals surface area contributed by atoms with Crippen LogP contribution in [0.3, 0.4) is 0 Å². The summed E-state index contributed by atoms with van der Waals surface area (Å²) in [7, 11) is 0. The van der Waals surface area contributed by atoms with Gasteiger partial charge in [0.05, 0.1) is 6.54 Å². The Balaban J connectivity index is 2.34. The van der Waals surface area contributed by atoms with Crippen LogP contribution in [0.1, 0.15) is 26.3 Å².